The fourth-order valence-electron chi connectivity index (χ4n) is 11.6. The maximum atomic E-state index is 12.1. The molecule has 0 aromatic rings. The van der Waals surface area contributed by atoms with Crippen molar-refractivity contribution in [3.05, 3.63) is 0 Å². The Labute approximate surface area is 277 Å². The summed E-state index contributed by atoms with van der Waals surface area (Å²) in [7, 11) is 1.66. The summed E-state index contributed by atoms with van der Waals surface area (Å²) < 4.78 is 41.7. The van der Waals surface area contributed by atoms with Crippen LogP contribution in [-0.2, 0) is 33.2 Å². The highest BCUT2D eigenvalue weighted by Gasteiger charge is 2.65. The Morgan fingerprint density at radius 3 is 2.46 bits per heavy atom. The monoisotopic (exact) mass is 650 g/mol. The third-order valence-corrected chi connectivity index (χ3v) is 13.7. The van der Waals surface area contributed by atoms with Crippen molar-refractivity contribution in [2.45, 2.75) is 161 Å². The molecule has 3 saturated heterocycles. The maximum Gasteiger partial charge on any atom is 0.509 e. The van der Waals surface area contributed by atoms with Crippen molar-refractivity contribution in [3.8, 4) is 0 Å². The van der Waals surface area contributed by atoms with Gasteiger partial charge in [0.2, 0.25) is 0 Å². The van der Waals surface area contributed by atoms with Crippen molar-refractivity contribution in [2.24, 2.45) is 46.3 Å². The number of rotatable bonds is 9. The minimum atomic E-state index is -0.745. The molecule has 9 nitrogen and oxygen atoms in total. The molecular formula is C37H62O9. The van der Waals surface area contributed by atoms with E-state index in [1.54, 1.807) is 7.11 Å². The average molecular weight is 651 g/mol. The van der Waals surface area contributed by atoms with Crippen LogP contribution in [0.3, 0.4) is 0 Å². The lowest BCUT2D eigenvalue weighted by atomic mass is 9.56. The molecule has 264 valence electrons. The van der Waals surface area contributed by atoms with E-state index >= 15 is 0 Å². The van der Waals surface area contributed by atoms with E-state index in [4.69, 9.17) is 33.2 Å². The lowest BCUT2D eigenvalue weighted by molar-refractivity contribution is -0.248. The van der Waals surface area contributed by atoms with Gasteiger partial charge in [0.25, 0.3) is 0 Å². The molecule has 6 fully saturated rings. The van der Waals surface area contributed by atoms with E-state index in [9.17, 15) is 9.90 Å². The van der Waals surface area contributed by atoms with Crippen LogP contribution in [0.15, 0.2) is 0 Å². The molecule has 0 amide bonds. The van der Waals surface area contributed by atoms with Crippen LogP contribution in [-0.4, -0.2) is 80.3 Å². The van der Waals surface area contributed by atoms with E-state index < -0.39 is 24.0 Å². The number of fused-ring (bicyclic) bond motifs is 3. The highest BCUT2D eigenvalue weighted by molar-refractivity contribution is 5.63. The Morgan fingerprint density at radius 1 is 0.957 bits per heavy atom. The number of ether oxygens (including phenoxy) is 7. The smallest absolute Gasteiger partial charge is 0.424 e. The molecule has 3 aliphatic heterocycles. The van der Waals surface area contributed by atoms with Crippen molar-refractivity contribution in [1.29, 1.82) is 0 Å². The van der Waals surface area contributed by atoms with Crippen LogP contribution in [0.2, 0.25) is 0 Å². The van der Waals surface area contributed by atoms with Crippen LogP contribution >= 0.6 is 0 Å². The predicted molar refractivity (Wildman–Crippen MR) is 172 cm³/mol. The largest absolute Gasteiger partial charge is 0.509 e. The second-order valence-corrected chi connectivity index (χ2v) is 17.3. The van der Waals surface area contributed by atoms with Gasteiger partial charge in [0.1, 0.15) is 12.4 Å². The summed E-state index contributed by atoms with van der Waals surface area (Å²) in [5.41, 5.74) is -0.695. The minimum absolute atomic E-state index is 0.0139. The third-order valence-electron chi connectivity index (χ3n) is 13.7. The van der Waals surface area contributed by atoms with E-state index in [1.807, 2.05) is 13.8 Å². The molecule has 9 heteroatoms. The number of hydrogen-bond donors (Lipinski definition) is 1. The molecule has 0 radical (unpaired) electrons. The Bertz CT molecular complexity index is 1060. The summed E-state index contributed by atoms with van der Waals surface area (Å²) in [6, 6.07) is 0. The summed E-state index contributed by atoms with van der Waals surface area (Å²) in [5.74, 6) is 2.48. The van der Waals surface area contributed by atoms with Crippen LogP contribution in [0.5, 0.6) is 0 Å². The Hall–Kier alpha value is -0.970. The van der Waals surface area contributed by atoms with Crippen molar-refractivity contribution < 1.29 is 43.1 Å². The molecule has 1 N–H and O–H groups in total. The van der Waals surface area contributed by atoms with E-state index in [-0.39, 0.29) is 47.5 Å². The highest BCUT2D eigenvalue weighted by Crippen LogP contribution is 2.63. The fraction of sp³-hybridized carbons (Fsp3) is 0.973. The molecule has 6 aliphatic rings. The zero-order valence-electron chi connectivity index (χ0n) is 29.7. The normalized spacial score (nSPS) is 48.3. The molecule has 6 unspecified atom stereocenters. The first-order chi connectivity index (χ1) is 21.8. The molecule has 0 bridgehead atoms. The standard InChI is InChI=1S/C37H62O9/c1-21-11-14-27(44-28-19-24(15-17-41-28)42-20-40-8)35(3,4)25(21)13-12-23-10-9-16-37(7)29-22(2)18-26(43-32(29)31(38)30(23)37)33-36(5,6)46-34(39)45-33/h21-33,38H,9-20H2,1-8H3/t21?,22-,23+,24+,25?,26-,27+,28?,29?,30?,31-,32?,33+,37-/m1/s1. The van der Waals surface area contributed by atoms with Gasteiger partial charge in [0.05, 0.1) is 37.1 Å². The molecule has 3 aliphatic carbocycles. The molecule has 46 heavy (non-hydrogen) atoms. The first-order valence-corrected chi connectivity index (χ1v) is 18.4. The molecule has 0 aromatic carbocycles. The zero-order chi connectivity index (χ0) is 33.0. The molecule has 0 aromatic heterocycles. The summed E-state index contributed by atoms with van der Waals surface area (Å²) in [6.07, 6.45) is 8.28. The third kappa shape index (κ3) is 6.39. The Morgan fingerprint density at radius 2 is 1.74 bits per heavy atom. The van der Waals surface area contributed by atoms with Crippen molar-refractivity contribution in [3.63, 3.8) is 0 Å². The van der Waals surface area contributed by atoms with Gasteiger partial charge in [-0.3, -0.25) is 0 Å². The highest BCUT2D eigenvalue weighted by atomic mass is 16.8. The number of carbonyl (C=O) groups is 1. The van der Waals surface area contributed by atoms with Gasteiger partial charge in [0, 0.05) is 13.5 Å². The second-order valence-electron chi connectivity index (χ2n) is 17.3. The lowest BCUT2D eigenvalue weighted by Crippen LogP contribution is -2.52. The average Bonchev–Trinajstić information content (AvgIpc) is 3.41. The number of aliphatic hydroxyl groups is 1. The summed E-state index contributed by atoms with van der Waals surface area (Å²) >= 11 is 0. The summed E-state index contributed by atoms with van der Waals surface area (Å²) in [4.78, 5) is 12.1. The number of carbonyl (C=O) groups excluding carboxylic acids is 1. The number of cyclic esters (lactones) is 2. The van der Waals surface area contributed by atoms with Crippen molar-refractivity contribution >= 4 is 6.16 Å². The van der Waals surface area contributed by atoms with Crippen LogP contribution in [0, 0.1) is 46.3 Å². The van der Waals surface area contributed by atoms with Crippen LogP contribution in [0.25, 0.3) is 0 Å². The molecule has 3 saturated carbocycles. The first kappa shape index (κ1) is 34.9. The summed E-state index contributed by atoms with van der Waals surface area (Å²) in [6.45, 7) is 16.7. The lowest BCUT2D eigenvalue weighted by Gasteiger charge is -2.51. The maximum absolute atomic E-state index is 12.1. The van der Waals surface area contributed by atoms with E-state index in [2.05, 4.69) is 34.6 Å². The molecule has 14 atom stereocenters. The van der Waals surface area contributed by atoms with Gasteiger partial charge < -0.3 is 38.3 Å². The van der Waals surface area contributed by atoms with Gasteiger partial charge in [-0.2, -0.15) is 0 Å². The van der Waals surface area contributed by atoms with Gasteiger partial charge in [0.15, 0.2) is 12.4 Å². The molecular weight excluding hydrogens is 588 g/mol. The Kier molecular flexibility index (Phi) is 10.2. The predicted octanol–water partition coefficient (Wildman–Crippen LogP) is 6.87. The van der Waals surface area contributed by atoms with Crippen molar-refractivity contribution in [2.75, 3.05) is 20.5 Å². The van der Waals surface area contributed by atoms with Gasteiger partial charge in [-0.1, -0.05) is 47.5 Å². The fourth-order valence-corrected chi connectivity index (χ4v) is 11.6. The molecule has 0 spiro atoms. The molecule has 3 heterocycles. The van der Waals surface area contributed by atoms with Gasteiger partial charge >= 0.3 is 6.16 Å². The number of aliphatic hydroxyl groups excluding tert-OH is 1. The second kappa shape index (κ2) is 13.4. The van der Waals surface area contributed by atoms with E-state index in [0.29, 0.717) is 43.0 Å². The SMILES string of the molecule is COCO[C@H]1CCOC(O[C@H]2CCC(C)C(CC[C@@H]3CCC[C@@]4(C)C3[C@@H](O)C3O[C@@H]([C@@H]5OC(=O)OC5(C)C)C[C@@H](C)C34)C2(C)C)C1. The topological polar surface area (TPSA) is 102 Å². The summed E-state index contributed by atoms with van der Waals surface area (Å²) in [5, 5.41) is 12.1. The number of hydrogen-bond acceptors (Lipinski definition) is 9. The van der Waals surface area contributed by atoms with Gasteiger partial charge in [-0.15, -0.1) is 0 Å². The van der Waals surface area contributed by atoms with Gasteiger partial charge in [-0.05, 0) is 105 Å². The quantitative estimate of drug-likeness (QED) is 0.212. The van der Waals surface area contributed by atoms with Gasteiger partial charge in [-0.25, -0.2) is 4.79 Å². The molecule has 6 rings (SSSR count). The van der Waals surface area contributed by atoms with Crippen molar-refractivity contribution in [1.82, 2.24) is 0 Å². The van der Waals surface area contributed by atoms with Crippen LogP contribution in [0.4, 0.5) is 4.79 Å². The minimum Gasteiger partial charge on any atom is -0.424 e. The van der Waals surface area contributed by atoms with Crippen LogP contribution < -0.4 is 0 Å². The van der Waals surface area contributed by atoms with Crippen LogP contribution in [0.1, 0.15) is 113 Å². The zero-order valence-corrected chi connectivity index (χ0v) is 29.7. The number of methoxy groups -OCH3 is 1. The Balaban J connectivity index is 1.12. The van der Waals surface area contributed by atoms with E-state index in [1.165, 1.54) is 6.42 Å². The van der Waals surface area contributed by atoms with E-state index in [0.717, 1.165) is 57.8 Å². The first-order valence-electron chi connectivity index (χ1n) is 18.4.